The van der Waals surface area contributed by atoms with E-state index in [9.17, 15) is 0 Å². The third kappa shape index (κ3) is 16.8. The molecular weight excluding hydrogens is 390 g/mol. The average Bonchev–Trinajstić information content (AvgIpc) is 2.80. The Hall–Kier alpha value is -1.50. The lowest BCUT2D eigenvalue weighted by Gasteiger charge is -2.25. The van der Waals surface area contributed by atoms with Crippen molar-refractivity contribution >= 4 is 12.0 Å². The average molecular weight is 442 g/mol. The van der Waals surface area contributed by atoms with Crippen LogP contribution in [0.5, 0.6) is 0 Å². The van der Waals surface area contributed by atoms with Crippen LogP contribution in [0, 0.1) is 0 Å². The smallest absolute Gasteiger partial charge is 0.284 e. The van der Waals surface area contributed by atoms with E-state index >= 15 is 0 Å². The van der Waals surface area contributed by atoms with E-state index in [1.54, 1.807) is 14.2 Å². The van der Waals surface area contributed by atoms with Gasteiger partial charge in [0.1, 0.15) is 0 Å². The zero-order valence-electron chi connectivity index (χ0n) is 21.3. The first-order valence-electron chi connectivity index (χ1n) is 12.4. The molecule has 2 aliphatic rings. The van der Waals surface area contributed by atoms with Crippen molar-refractivity contribution in [1.29, 1.82) is 0 Å². The summed E-state index contributed by atoms with van der Waals surface area (Å²) in [5.41, 5.74) is 0. The summed E-state index contributed by atoms with van der Waals surface area (Å²) >= 11 is 0. The number of ether oxygens (including phenoxy) is 2. The van der Waals surface area contributed by atoms with Crippen molar-refractivity contribution in [2.75, 3.05) is 41.4 Å². The van der Waals surface area contributed by atoms with Gasteiger partial charge >= 0.3 is 0 Å². The van der Waals surface area contributed by atoms with Crippen molar-refractivity contribution in [1.82, 2.24) is 16.0 Å². The Morgan fingerprint density at radius 2 is 1.39 bits per heavy atom. The predicted octanol–water partition coefficient (Wildman–Crippen LogP) is 4.48. The molecule has 31 heavy (non-hydrogen) atoms. The highest BCUT2D eigenvalue weighted by Gasteiger charge is 2.17. The van der Waals surface area contributed by atoms with Crippen molar-refractivity contribution in [2.45, 2.75) is 103 Å². The third-order valence-electron chi connectivity index (χ3n) is 5.29. The van der Waals surface area contributed by atoms with Crippen molar-refractivity contribution < 1.29 is 9.47 Å². The van der Waals surface area contributed by atoms with Gasteiger partial charge in [0.2, 0.25) is 0 Å². The van der Waals surface area contributed by atoms with Crippen LogP contribution in [-0.2, 0) is 9.47 Å². The summed E-state index contributed by atoms with van der Waals surface area (Å²) in [6.45, 7) is 5.88. The fraction of sp³-hybridized carbons (Fsp3) is 0.917. The van der Waals surface area contributed by atoms with E-state index in [-0.39, 0.29) is 0 Å². The second-order valence-electron chi connectivity index (χ2n) is 8.18. The molecule has 0 aromatic rings. The summed E-state index contributed by atoms with van der Waals surface area (Å²) in [4.78, 5) is 8.94. The number of nitrogens with zero attached hydrogens (tertiary/aromatic N) is 2. The van der Waals surface area contributed by atoms with Crippen LogP contribution in [0.4, 0.5) is 0 Å². The summed E-state index contributed by atoms with van der Waals surface area (Å²) in [6, 6.07) is 2.52. The van der Waals surface area contributed by atoms with Gasteiger partial charge in [0, 0.05) is 19.1 Å². The minimum absolute atomic E-state index is 0.495. The number of hydrogen-bond acceptors (Lipinski definition) is 5. The Morgan fingerprint density at radius 3 is 1.87 bits per heavy atom. The van der Waals surface area contributed by atoms with Crippen LogP contribution in [-0.4, -0.2) is 65.5 Å². The van der Waals surface area contributed by atoms with Gasteiger partial charge in [-0.1, -0.05) is 51.9 Å². The number of hydrogen-bond donors (Lipinski definition) is 3. The van der Waals surface area contributed by atoms with Crippen LogP contribution in [0.25, 0.3) is 0 Å². The van der Waals surface area contributed by atoms with Gasteiger partial charge in [-0.05, 0) is 53.1 Å². The van der Waals surface area contributed by atoms with Crippen LogP contribution >= 0.6 is 0 Å². The summed E-state index contributed by atoms with van der Waals surface area (Å²) in [5.74, 6) is 0. The molecule has 0 aromatic heterocycles. The standard InChI is InChI=1S/C14H26N2O.C8H18N2O.C2H7N/c1-17-14(15-12-8-4-2-5-9-12)16-13-10-6-3-7-11-13;1-4-6-7-10-8(11-3)9-5-2;1-3-2/h12-13H,2-11H2,1H3,(H,15,16);4-7H2,1-3H3,(H,9,10);3H,1-2H3. The second kappa shape index (κ2) is 21.7. The molecule has 0 aromatic carbocycles. The van der Waals surface area contributed by atoms with Gasteiger partial charge in [-0.3, -0.25) is 0 Å². The Bertz CT molecular complexity index is 445. The molecule has 7 nitrogen and oxygen atoms in total. The fourth-order valence-electron chi connectivity index (χ4n) is 3.63. The Labute approximate surface area is 192 Å². The van der Waals surface area contributed by atoms with Crippen LogP contribution in [0.1, 0.15) is 90.9 Å². The monoisotopic (exact) mass is 441 g/mol. The lowest BCUT2D eigenvalue weighted by atomic mass is 9.95. The number of nitrogens with one attached hydrogen (secondary N) is 3. The van der Waals surface area contributed by atoms with Gasteiger partial charge in [0.15, 0.2) is 0 Å². The fourth-order valence-corrected chi connectivity index (χ4v) is 3.63. The van der Waals surface area contributed by atoms with Crippen LogP contribution in [0.15, 0.2) is 9.98 Å². The highest BCUT2D eigenvalue weighted by Crippen LogP contribution is 2.21. The maximum absolute atomic E-state index is 5.39. The molecule has 2 aliphatic carbocycles. The van der Waals surface area contributed by atoms with Gasteiger partial charge < -0.3 is 25.4 Å². The Kier molecular flexibility index (Phi) is 20.7. The Morgan fingerprint density at radius 1 is 0.839 bits per heavy atom. The molecule has 184 valence electrons. The van der Waals surface area contributed by atoms with Gasteiger partial charge in [-0.15, -0.1) is 0 Å². The summed E-state index contributed by atoms with van der Waals surface area (Å²) in [5, 5.41) is 9.25. The van der Waals surface area contributed by atoms with Gasteiger partial charge in [-0.2, -0.15) is 0 Å². The number of amidine groups is 2. The van der Waals surface area contributed by atoms with E-state index in [0.717, 1.165) is 25.5 Å². The molecule has 0 radical (unpaired) electrons. The van der Waals surface area contributed by atoms with Gasteiger partial charge in [0.05, 0.1) is 20.3 Å². The molecule has 3 N–H and O–H groups in total. The van der Waals surface area contributed by atoms with E-state index < -0.39 is 0 Å². The molecule has 2 saturated carbocycles. The lowest BCUT2D eigenvalue weighted by molar-refractivity contribution is 0.331. The van der Waals surface area contributed by atoms with Crippen LogP contribution in [0.3, 0.4) is 0 Å². The third-order valence-corrected chi connectivity index (χ3v) is 5.29. The first-order valence-corrected chi connectivity index (χ1v) is 12.4. The van der Waals surface area contributed by atoms with E-state index in [1.165, 1.54) is 70.6 Å². The van der Waals surface area contributed by atoms with Gasteiger partial charge in [-0.25, -0.2) is 9.98 Å². The molecule has 0 spiro atoms. The molecule has 0 saturated heterocycles. The SMILES string of the molecule is CCCCN=C(NCC)OC.CNC.COC(=NC1CCCCC1)NC1CCCCC1. The van der Waals surface area contributed by atoms with E-state index in [0.29, 0.717) is 18.1 Å². The van der Waals surface area contributed by atoms with Crippen molar-refractivity contribution in [3.8, 4) is 0 Å². The van der Waals surface area contributed by atoms with Crippen molar-refractivity contribution in [2.24, 2.45) is 9.98 Å². The molecule has 2 fully saturated rings. The highest BCUT2D eigenvalue weighted by atomic mass is 16.5. The first-order chi connectivity index (χ1) is 15.1. The zero-order valence-corrected chi connectivity index (χ0v) is 21.3. The normalized spacial score (nSPS) is 18.1. The molecule has 0 bridgehead atoms. The molecule has 0 atom stereocenters. The topological polar surface area (TPSA) is 79.3 Å². The minimum atomic E-state index is 0.495. The zero-order chi connectivity index (χ0) is 23.2. The Balaban J connectivity index is 0.000000557. The summed E-state index contributed by atoms with van der Waals surface area (Å²) in [6.07, 6.45) is 15.4. The molecule has 0 aliphatic heterocycles. The van der Waals surface area contributed by atoms with Crippen molar-refractivity contribution in [3.63, 3.8) is 0 Å². The summed E-state index contributed by atoms with van der Waals surface area (Å²) in [7, 11) is 7.12. The largest absolute Gasteiger partial charge is 0.469 e. The molecule has 0 heterocycles. The van der Waals surface area contributed by atoms with Crippen molar-refractivity contribution in [3.05, 3.63) is 0 Å². The molecule has 2 rings (SSSR count). The van der Waals surface area contributed by atoms with E-state index in [1.807, 2.05) is 21.0 Å². The number of rotatable bonds is 6. The van der Waals surface area contributed by atoms with Crippen LogP contribution in [0.2, 0.25) is 0 Å². The maximum atomic E-state index is 5.39. The summed E-state index contributed by atoms with van der Waals surface area (Å²) < 4.78 is 10.4. The number of methoxy groups -OCH3 is 2. The lowest BCUT2D eigenvalue weighted by Crippen LogP contribution is -2.38. The molecule has 0 amide bonds. The highest BCUT2D eigenvalue weighted by molar-refractivity contribution is 5.74. The molecule has 7 heteroatoms. The number of unbranched alkanes of at least 4 members (excludes halogenated alkanes) is 1. The number of aliphatic imine (C=N–C) groups is 2. The van der Waals surface area contributed by atoms with E-state index in [2.05, 4.69) is 27.9 Å². The van der Waals surface area contributed by atoms with Crippen LogP contribution < -0.4 is 16.0 Å². The quantitative estimate of drug-likeness (QED) is 0.322. The molecular formula is C24H51N5O2. The van der Waals surface area contributed by atoms with E-state index in [4.69, 9.17) is 14.5 Å². The predicted molar refractivity (Wildman–Crippen MR) is 134 cm³/mol. The first kappa shape index (κ1) is 29.5. The maximum Gasteiger partial charge on any atom is 0.284 e. The second-order valence-corrected chi connectivity index (χ2v) is 8.18. The minimum Gasteiger partial charge on any atom is -0.469 e. The van der Waals surface area contributed by atoms with Gasteiger partial charge in [0.25, 0.3) is 12.0 Å². The molecule has 0 unspecified atom stereocenters.